The van der Waals surface area contributed by atoms with Crippen molar-refractivity contribution in [2.75, 3.05) is 40.7 Å². The van der Waals surface area contributed by atoms with Gasteiger partial charge in [-0.2, -0.15) is 17.6 Å². The molecular formula is C17H20F4NO3+. The summed E-state index contributed by atoms with van der Waals surface area (Å²) in [6.07, 6.45) is 0.0924. The minimum Gasteiger partial charge on any atom is -0.457 e. The highest BCUT2D eigenvalue weighted by Crippen LogP contribution is 2.42. The Labute approximate surface area is 143 Å². The number of terminal acetylenes is 1. The summed E-state index contributed by atoms with van der Waals surface area (Å²) in [6.45, 7) is -1.33. The number of alkyl halides is 4. The average Bonchev–Trinajstić information content (AvgIpc) is 2.56. The summed E-state index contributed by atoms with van der Waals surface area (Å²) in [5.74, 6) is 0.665. The molecule has 1 aromatic rings. The zero-order chi connectivity index (χ0) is 19.1. The zero-order valence-corrected chi connectivity index (χ0v) is 14.0. The lowest BCUT2D eigenvalue weighted by Gasteiger charge is -2.33. The van der Waals surface area contributed by atoms with Crippen LogP contribution in [0.5, 0.6) is 0 Å². The van der Waals surface area contributed by atoms with Crippen molar-refractivity contribution in [2.45, 2.75) is 11.8 Å². The summed E-state index contributed by atoms with van der Waals surface area (Å²) in [5.41, 5.74) is -3.65. The Morgan fingerprint density at radius 1 is 1.28 bits per heavy atom. The van der Waals surface area contributed by atoms with Gasteiger partial charge in [-0.05, 0) is 5.92 Å². The van der Waals surface area contributed by atoms with Crippen molar-refractivity contribution in [1.82, 2.24) is 0 Å². The predicted molar refractivity (Wildman–Crippen MR) is 82.9 cm³/mol. The summed E-state index contributed by atoms with van der Waals surface area (Å²) in [5, 5.41) is 0. The SMILES string of the molecule is C#CC[N+](C)(CF)CCOC(=O)[C@@](OC)(c1ccccc1)C(F)(F)F. The average molecular weight is 362 g/mol. The minimum absolute atomic E-state index is 0.0153. The zero-order valence-electron chi connectivity index (χ0n) is 14.0. The largest absolute Gasteiger partial charge is 0.457 e. The molecule has 0 heterocycles. The van der Waals surface area contributed by atoms with Gasteiger partial charge in [0, 0.05) is 12.7 Å². The first-order valence-electron chi connectivity index (χ1n) is 7.34. The van der Waals surface area contributed by atoms with Crippen molar-refractivity contribution in [3.63, 3.8) is 0 Å². The Balaban J connectivity index is 3.02. The lowest BCUT2D eigenvalue weighted by atomic mass is 9.93. The number of carbonyl (C=O) groups is 1. The van der Waals surface area contributed by atoms with Gasteiger partial charge in [-0.25, -0.2) is 4.79 Å². The van der Waals surface area contributed by atoms with Crippen LogP contribution in [-0.2, 0) is 19.9 Å². The molecule has 138 valence electrons. The molecule has 0 aliphatic rings. The quantitative estimate of drug-likeness (QED) is 0.235. The lowest BCUT2D eigenvalue weighted by molar-refractivity contribution is -0.914. The van der Waals surface area contributed by atoms with Crippen molar-refractivity contribution in [3.8, 4) is 12.3 Å². The van der Waals surface area contributed by atoms with Crippen LogP contribution < -0.4 is 0 Å². The highest BCUT2D eigenvalue weighted by Gasteiger charge is 2.64. The molecule has 8 heteroatoms. The van der Waals surface area contributed by atoms with Crippen molar-refractivity contribution < 1.29 is 36.3 Å². The van der Waals surface area contributed by atoms with E-state index in [1.165, 1.54) is 25.2 Å². The molecule has 0 spiro atoms. The normalized spacial score (nSPS) is 16.4. The second kappa shape index (κ2) is 8.32. The molecule has 0 aliphatic heterocycles. The molecule has 0 aromatic heterocycles. The Morgan fingerprint density at radius 2 is 1.88 bits per heavy atom. The predicted octanol–water partition coefficient (Wildman–Crippen LogP) is 2.64. The molecule has 0 saturated heterocycles. The smallest absolute Gasteiger partial charge is 0.432 e. The molecule has 2 atom stereocenters. The molecule has 0 saturated carbocycles. The molecule has 0 amide bonds. The second-order valence-electron chi connectivity index (χ2n) is 5.71. The molecule has 25 heavy (non-hydrogen) atoms. The number of likely N-dealkylation sites (N-methyl/N-ethyl adjacent to an activating group) is 1. The Kier molecular flexibility index (Phi) is 6.96. The second-order valence-corrected chi connectivity index (χ2v) is 5.71. The van der Waals surface area contributed by atoms with E-state index in [2.05, 4.69) is 10.7 Å². The molecule has 1 aromatic carbocycles. The summed E-state index contributed by atoms with van der Waals surface area (Å²) < 4.78 is 63.1. The fourth-order valence-corrected chi connectivity index (χ4v) is 2.25. The highest BCUT2D eigenvalue weighted by atomic mass is 19.4. The number of quaternary nitrogens is 1. The third-order valence-electron chi connectivity index (χ3n) is 3.80. The number of halogens is 4. The highest BCUT2D eigenvalue weighted by molar-refractivity contribution is 5.82. The first kappa shape index (κ1) is 20.9. The lowest BCUT2D eigenvalue weighted by Crippen LogP contribution is -2.53. The van der Waals surface area contributed by atoms with Crippen LogP contribution in [0.3, 0.4) is 0 Å². The van der Waals surface area contributed by atoms with E-state index in [1.54, 1.807) is 0 Å². The number of carbonyl (C=O) groups excluding carboxylic acids is 1. The monoisotopic (exact) mass is 362 g/mol. The van der Waals surface area contributed by atoms with Gasteiger partial charge >= 0.3 is 12.1 Å². The summed E-state index contributed by atoms with van der Waals surface area (Å²) in [4.78, 5) is 12.3. The fourth-order valence-electron chi connectivity index (χ4n) is 2.25. The van der Waals surface area contributed by atoms with E-state index in [9.17, 15) is 22.4 Å². The Bertz CT molecular complexity index is 615. The maximum atomic E-state index is 13.6. The van der Waals surface area contributed by atoms with Crippen LogP contribution in [-0.4, -0.2) is 57.3 Å². The van der Waals surface area contributed by atoms with Gasteiger partial charge in [0.2, 0.25) is 6.80 Å². The third kappa shape index (κ3) is 4.50. The van der Waals surface area contributed by atoms with Crippen molar-refractivity contribution >= 4 is 5.97 Å². The van der Waals surface area contributed by atoms with E-state index in [0.717, 1.165) is 19.2 Å². The van der Waals surface area contributed by atoms with Gasteiger partial charge in [-0.15, -0.1) is 6.42 Å². The number of hydrogen-bond acceptors (Lipinski definition) is 3. The van der Waals surface area contributed by atoms with E-state index >= 15 is 0 Å². The molecule has 0 N–H and O–H groups in total. The number of esters is 1. The Hall–Kier alpha value is -2.11. The molecule has 4 nitrogen and oxygen atoms in total. The number of rotatable bonds is 8. The van der Waals surface area contributed by atoms with Crippen LogP contribution in [0.2, 0.25) is 0 Å². The molecule has 0 fully saturated rings. The molecular weight excluding hydrogens is 342 g/mol. The van der Waals surface area contributed by atoms with Gasteiger partial charge in [0.15, 0.2) is 0 Å². The Morgan fingerprint density at radius 3 is 2.32 bits per heavy atom. The summed E-state index contributed by atoms with van der Waals surface area (Å²) in [7, 11) is 2.25. The fraction of sp³-hybridized carbons (Fsp3) is 0.471. The van der Waals surface area contributed by atoms with Crippen LogP contribution in [0.4, 0.5) is 17.6 Å². The van der Waals surface area contributed by atoms with Gasteiger partial charge < -0.3 is 9.47 Å². The van der Waals surface area contributed by atoms with Crippen molar-refractivity contribution in [1.29, 1.82) is 0 Å². The number of benzene rings is 1. The van der Waals surface area contributed by atoms with Crippen LogP contribution in [0.25, 0.3) is 0 Å². The van der Waals surface area contributed by atoms with E-state index < -0.39 is 36.7 Å². The molecule has 0 radical (unpaired) electrons. The molecule has 0 bridgehead atoms. The maximum absolute atomic E-state index is 13.6. The first-order chi connectivity index (χ1) is 11.7. The van der Waals surface area contributed by atoms with Crippen LogP contribution >= 0.6 is 0 Å². The third-order valence-corrected chi connectivity index (χ3v) is 3.80. The van der Waals surface area contributed by atoms with E-state index in [1.807, 2.05) is 0 Å². The van der Waals surface area contributed by atoms with Crippen LogP contribution in [0.15, 0.2) is 30.3 Å². The van der Waals surface area contributed by atoms with Gasteiger partial charge in [0.1, 0.15) is 19.7 Å². The maximum Gasteiger partial charge on any atom is 0.432 e. The topological polar surface area (TPSA) is 35.5 Å². The minimum atomic E-state index is -5.04. The number of ether oxygens (including phenoxy) is 2. The van der Waals surface area contributed by atoms with Gasteiger partial charge in [-0.1, -0.05) is 30.3 Å². The van der Waals surface area contributed by atoms with Gasteiger partial charge in [-0.3, -0.25) is 4.48 Å². The van der Waals surface area contributed by atoms with Crippen LogP contribution in [0.1, 0.15) is 5.56 Å². The van der Waals surface area contributed by atoms with Gasteiger partial charge in [0.05, 0.1) is 7.05 Å². The van der Waals surface area contributed by atoms with E-state index in [4.69, 9.17) is 11.2 Å². The molecule has 1 rings (SSSR count). The van der Waals surface area contributed by atoms with Crippen molar-refractivity contribution in [2.24, 2.45) is 0 Å². The van der Waals surface area contributed by atoms with Crippen LogP contribution in [0, 0.1) is 12.3 Å². The first-order valence-corrected chi connectivity index (χ1v) is 7.34. The van der Waals surface area contributed by atoms with Gasteiger partial charge in [0.25, 0.3) is 5.60 Å². The number of nitrogens with zero attached hydrogens (tertiary/aromatic N) is 1. The molecule has 0 aliphatic carbocycles. The summed E-state index contributed by atoms with van der Waals surface area (Å²) in [6, 6.07) is 6.46. The van der Waals surface area contributed by atoms with E-state index in [0.29, 0.717) is 0 Å². The summed E-state index contributed by atoms with van der Waals surface area (Å²) >= 11 is 0. The van der Waals surface area contributed by atoms with E-state index in [-0.39, 0.29) is 17.6 Å². The van der Waals surface area contributed by atoms with Crippen molar-refractivity contribution in [3.05, 3.63) is 35.9 Å². The number of hydrogen-bond donors (Lipinski definition) is 0. The molecule has 1 unspecified atom stereocenters. The number of methoxy groups -OCH3 is 1. The standard InChI is InChI=1S/C17H20F4NO3/c1-4-10-22(2,13-18)11-12-25-15(23)16(24-3,17(19,20)21)14-8-6-5-7-9-14/h1,5-9H,10-13H2,2-3H3/q+1/t16-,22?/m0/s1.